The van der Waals surface area contributed by atoms with Gasteiger partial charge in [0.1, 0.15) is 5.82 Å². The number of benzene rings is 1. The molecule has 0 saturated heterocycles. The van der Waals surface area contributed by atoms with Gasteiger partial charge >= 0.3 is 0 Å². The van der Waals surface area contributed by atoms with E-state index in [1.54, 1.807) is 28.8 Å². The maximum Gasteiger partial charge on any atom is 0.191 e. The van der Waals surface area contributed by atoms with Crippen LogP contribution in [0.3, 0.4) is 0 Å². The minimum absolute atomic E-state index is 0.289. The Morgan fingerprint density at radius 3 is 2.88 bits per heavy atom. The van der Waals surface area contributed by atoms with Crippen LogP contribution in [0.2, 0.25) is 0 Å². The Balaban J connectivity index is 2.37. The molecule has 5 heteroatoms. The van der Waals surface area contributed by atoms with Crippen LogP contribution in [0.15, 0.2) is 42.1 Å². The van der Waals surface area contributed by atoms with Gasteiger partial charge in [0.2, 0.25) is 0 Å². The van der Waals surface area contributed by atoms with E-state index in [4.69, 9.17) is 0 Å². The molecular weight excluding hydrogens is 237 g/mol. The molecule has 17 heavy (non-hydrogen) atoms. The molecule has 0 amide bonds. The Morgan fingerprint density at radius 2 is 2.18 bits per heavy atom. The summed E-state index contributed by atoms with van der Waals surface area (Å²) >= 11 is 1.52. The fraction of sp³-hybridized carbons (Fsp3) is 0.167. The summed E-state index contributed by atoms with van der Waals surface area (Å²) in [5.41, 5.74) is 0.466. The van der Waals surface area contributed by atoms with Crippen LogP contribution in [-0.2, 0) is 7.05 Å². The first-order chi connectivity index (χ1) is 8.24. The molecule has 1 aromatic heterocycles. The summed E-state index contributed by atoms with van der Waals surface area (Å²) in [5, 5.41) is 8.80. The van der Waals surface area contributed by atoms with Crippen molar-refractivity contribution in [2.75, 3.05) is 5.75 Å². The Bertz CT molecular complexity index is 536. The number of thioether (sulfide) groups is 1. The average Bonchev–Trinajstić information content (AvgIpc) is 2.69. The van der Waals surface area contributed by atoms with E-state index < -0.39 is 0 Å². The minimum Gasteiger partial charge on any atom is -0.305 e. The molecule has 2 rings (SSSR count). The van der Waals surface area contributed by atoms with Gasteiger partial charge in [-0.05, 0) is 12.1 Å². The lowest BCUT2D eigenvalue weighted by molar-refractivity contribution is 0.628. The molecule has 0 unspecified atom stereocenters. The van der Waals surface area contributed by atoms with E-state index >= 15 is 0 Å². The van der Waals surface area contributed by atoms with Crippen LogP contribution in [0.5, 0.6) is 0 Å². The zero-order valence-corrected chi connectivity index (χ0v) is 10.2. The number of aromatic nitrogens is 3. The summed E-state index contributed by atoms with van der Waals surface area (Å²) in [6.45, 7) is 3.65. The smallest absolute Gasteiger partial charge is 0.191 e. The molecule has 0 bridgehead atoms. The average molecular weight is 249 g/mol. The summed E-state index contributed by atoms with van der Waals surface area (Å²) in [4.78, 5) is 0. The predicted molar refractivity (Wildman–Crippen MR) is 67.3 cm³/mol. The van der Waals surface area contributed by atoms with Gasteiger partial charge in [0, 0.05) is 12.8 Å². The first-order valence-electron chi connectivity index (χ1n) is 5.12. The molecule has 0 atom stereocenters. The third-order valence-electron chi connectivity index (χ3n) is 2.28. The number of nitrogens with zero attached hydrogens (tertiary/aromatic N) is 3. The zero-order chi connectivity index (χ0) is 12.3. The van der Waals surface area contributed by atoms with E-state index in [1.807, 2.05) is 7.05 Å². The van der Waals surface area contributed by atoms with Gasteiger partial charge < -0.3 is 4.57 Å². The van der Waals surface area contributed by atoms with Crippen molar-refractivity contribution in [3.05, 3.63) is 42.7 Å². The SMILES string of the molecule is C=CCSc1nnc(-c2ccccc2F)n1C. The number of hydrogen-bond donors (Lipinski definition) is 0. The maximum absolute atomic E-state index is 13.6. The van der Waals surface area contributed by atoms with Crippen molar-refractivity contribution in [1.29, 1.82) is 0 Å². The Morgan fingerprint density at radius 1 is 1.41 bits per heavy atom. The standard InChI is InChI=1S/C12H12FN3S/c1-3-8-17-12-15-14-11(16(12)2)9-6-4-5-7-10(9)13/h3-7H,1,8H2,2H3. The van der Waals surface area contributed by atoms with E-state index in [-0.39, 0.29) is 5.82 Å². The summed E-state index contributed by atoms with van der Waals surface area (Å²) < 4.78 is 15.4. The van der Waals surface area contributed by atoms with Crippen molar-refractivity contribution in [3.8, 4) is 11.4 Å². The van der Waals surface area contributed by atoms with Crippen LogP contribution in [0.4, 0.5) is 4.39 Å². The molecule has 0 aliphatic carbocycles. The molecule has 3 nitrogen and oxygen atoms in total. The fourth-order valence-electron chi connectivity index (χ4n) is 1.45. The van der Waals surface area contributed by atoms with Crippen molar-refractivity contribution in [2.24, 2.45) is 7.05 Å². The van der Waals surface area contributed by atoms with Gasteiger partial charge in [-0.1, -0.05) is 30.0 Å². The summed E-state index contributed by atoms with van der Waals surface area (Å²) in [6.07, 6.45) is 1.79. The first kappa shape index (κ1) is 11.9. The fourth-order valence-corrected chi connectivity index (χ4v) is 2.10. The quantitative estimate of drug-likeness (QED) is 0.616. The zero-order valence-electron chi connectivity index (χ0n) is 9.43. The van der Waals surface area contributed by atoms with Gasteiger partial charge in [0.05, 0.1) is 5.56 Å². The van der Waals surface area contributed by atoms with Crippen molar-refractivity contribution in [1.82, 2.24) is 14.8 Å². The lowest BCUT2D eigenvalue weighted by Gasteiger charge is -2.03. The minimum atomic E-state index is -0.289. The second-order valence-corrected chi connectivity index (χ2v) is 4.43. The molecule has 1 aromatic carbocycles. The largest absolute Gasteiger partial charge is 0.305 e. The van der Waals surface area contributed by atoms with Gasteiger partial charge in [-0.25, -0.2) is 4.39 Å². The van der Waals surface area contributed by atoms with Crippen LogP contribution < -0.4 is 0 Å². The Kier molecular flexibility index (Phi) is 3.58. The van der Waals surface area contributed by atoms with E-state index in [0.29, 0.717) is 11.4 Å². The highest BCUT2D eigenvalue weighted by Gasteiger charge is 2.13. The van der Waals surface area contributed by atoms with E-state index in [0.717, 1.165) is 10.9 Å². The Hall–Kier alpha value is -1.62. The van der Waals surface area contributed by atoms with Crippen molar-refractivity contribution in [2.45, 2.75) is 5.16 Å². The summed E-state index contributed by atoms with van der Waals surface area (Å²) in [5.74, 6) is 1.00. The third kappa shape index (κ3) is 2.39. The maximum atomic E-state index is 13.6. The monoisotopic (exact) mass is 249 g/mol. The highest BCUT2D eigenvalue weighted by atomic mass is 32.2. The predicted octanol–water partition coefficient (Wildman–Crippen LogP) is 2.90. The molecule has 0 radical (unpaired) electrons. The highest BCUT2D eigenvalue weighted by molar-refractivity contribution is 7.99. The third-order valence-corrected chi connectivity index (χ3v) is 3.30. The van der Waals surface area contributed by atoms with Crippen LogP contribution in [0.25, 0.3) is 11.4 Å². The molecule has 1 heterocycles. The van der Waals surface area contributed by atoms with E-state index in [1.165, 1.54) is 17.8 Å². The first-order valence-corrected chi connectivity index (χ1v) is 6.10. The van der Waals surface area contributed by atoms with Crippen LogP contribution in [0.1, 0.15) is 0 Å². The topological polar surface area (TPSA) is 30.7 Å². The molecule has 88 valence electrons. The second kappa shape index (κ2) is 5.14. The highest BCUT2D eigenvalue weighted by Crippen LogP contribution is 2.24. The van der Waals surface area contributed by atoms with Crippen LogP contribution >= 0.6 is 11.8 Å². The van der Waals surface area contributed by atoms with Crippen molar-refractivity contribution < 1.29 is 4.39 Å². The number of halogens is 1. The lowest BCUT2D eigenvalue weighted by atomic mass is 10.2. The molecule has 0 aliphatic rings. The van der Waals surface area contributed by atoms with Gasteiger partial charge in [-0.3, -0.25) is 0 Å². The van der Waals surface area contributed by atoms with Gasteiger partial charge in [0.15, 0.2) is 11.0 Å². The van der Waals surface area contributed by atoms with Crippen LogP contribution in [-0.4, -0.2) is 20.5 Å². The molecule has 2 aromatic rings. The van der Waals surface area contributed by atoms with Crippen molar-refractivity contribution in [3.63, 3.8) is 0 Å². The van der Waals surface area contributed by atoms with E-state index in [2.05, 4.69) is 16.8 Å². The van der Waals surface area contributed by atoms with Crippen LogP contribution in [0, 0.1) is 5.82 Å². The van der Waals surface area contributed by atoms with Gasteiger partial charge in [-0.2, -0.15) is 0 Å². The number of hydrogen-bond acceptors (Lipinski definition) is 3. The molecule has 0 saturated carbocycles. The molecule has 0 fully saturated rings. The lowest BCUT2D eigenvalue weighted by Crippen LogP contribution is -1.96. The van der Waals surface area contributed by atoms with E-state index in [9.17, 15) is 4.39 Å². The number of rotatable bonds is 4. The van der Waals surface area contributed by atoms with Gasteiger partial charge in [-0.15, -0.1) is 16.8 Å². The van der Waals surface area contributed by atoms with Crippen molar-refractivity contribution >= 4 is 11.8 Å². The molecular formula is C12H12FN3S. The second-order valence-electron chi connectivity index (χ2n) is 3.44. The summed E-state index contributed by atoms with van der Waals surface area (Å²) in [7, 11) is 1.83. The molecule has 0 aliphatic heterocycles. The Labute approximate surface area is 103 Å². The van der Waals surface area contributed by atoms with Gasteiger partial charge in [0.25, 0.3) is 0 Å². The normalized spacial score (nSPS) is 10.5. The molecule has 0 spiro atoms. The summed E-state index contributed by atoms with van der Waals surface area (Å²) in [6, 6.07) is 6.55. The molecule has 0 N–H and O–H groups in total.